The molecular weight excluding hydrogens is 437 g/mol. The van der Waals surface area contributed by atoms with Crippen LogP contribution in [0, 0.1) is 5.82 Å². The van der Waals surface area contributed by atoms with Crippen LogP contribution in [0.25, 0.3) is 0 Å². The Labute approximate surface area is 196 Å². The number of nitrogens with zero attached hydrogens (tertiary/aromatic N) is 1. The van der Waals surface area contributed by atoms with Gasteiger partial charge in [0.25, 0.3) is 11.8 Å². The zero-order valence-electron chi connectivity index (χ0n) is 18.8. The first-order valence-electron chi connectivity index (χ1n) is 10.8. The lowest BCUT2D eigenvalue weighted by Gasteiger charge is -2.25. The van der Waals surface area contributed by atoms with Crippen molar-refractivity contribution in [1.29, 1.82) is 0 Å². The Morgan fingerprint density at radius 1 is 1.00 bits per heavy atom. The maximum Gasteiger partial charge on any atom is 0.325 e. The van der Waals surface area contributed by atoms with E-state index in [1.165, 1.54) is 24.3 Å². The molecule has 174 valence electrons. The highest BCUT2D eigenvalue weighted by atomic mass is 19.1. The first-order chi connectivity index (χ1) is 16.4. The average Bonchev–Trinajstić information content (AvgIpc) is 3.10. The van der Waals surface area contributed by atoms with E-state index in [2.05, 4.69) is 10.6 Å². The van der Waals surface area contributed by atoms with E-state index >= 15 is 0 Å². The fourth-order valence-corrected chi connectivity index (χ4v) is 3.97. The summed E-state index contributed by atoms with van der Waals surface area (Å²) in [4.78, 5) is 39.6. The van der Waals surface area contributed by atoms with Crippen LogP contribution >= 0.6 is 0 Å². The monoisotopic (exact) mass is 461 g/mol. The third-order valence-corrected chi connectivity index (χ3v) is 5.95. The number of hydrogen-bond acceptors (Lipinski definition) is 4. The van der Waals surface area contributed by atoms with E-state index in [1.54, 1.807) is 62.6 Å². The van der Waals surface area contributed by atoms with Crippen molar-refractivity contribution in [1.82, 2.24) is 10.2 Å². The lowest BCUT2D eigenvalue weighted by molar-refractivity contribution is -0.132. The normalized spacial score (nSPS) is 17.4. The minimum Gasteiger partial charge on any atom is -0.497 e. The van der Waals surface area contributed by atoms with Crippen LogP contribution in [0.15, 0.2) is 72.8 Å². The van der Waals surface area contributed by atoms with Crippen molar-refractivity contribution in [3.63, 3.8) is 0 Å². The second-order valence-corrected chi connectivity index (χ2v) is 7.97. The maximum absolute atomic E-state index is 13.4. The fourth-order valence-electron chi connectivity index (χ4n) is 3.97. The number of ether oxygens (including phenoxy) is 1. The molecule has 2 N–H and O–H groups in total. The van der Waals surface area contributed by atoms with Crippen molar-refractivity contribution in [3.05, 3.63) is 95.3 Å². The predicted molar refractivity (Wildman–Crippen MR) is 125 cm³/mol. The summed E-state index contributed by atoms with van der Waals surface area (Å²) in [5.74, 6) is -0.407. The van der Waals surface area contributed by atoms with Crippen LogP contribution in [0.2, 0.25) is 0 Å². The van der Waals surface area contributed by atoms with Gasteiger partial charge in [-0.15, -0.1) is 0 Å². The Hall–Kier alpha value is -4.20. The molecule has 8 heteroatoms. The SMILES string of the molecule is CCC1(c2ccc(F)cc2)NC(=O)N(Cc2ccc(C(=O)Nc3ccc(OC)cc3)cc2)C1=O. The molecule has 1 atom stereocenters. The molecule has 3 aromatic rings. The summed E-state index contributed by atoms with van der Waals surface area (Å²) < 4.78 is 18.5. The number of halogens is 1. The molecule has 1 unspecified atom stereocenters. The molecule has 0 spiro atoms. The number of hydrogen-bond donors (Lipinski definition) is 2. The standard InChI is InChI=1S/C26H24FN3O4/c1-3-26(19-8-10-20(27)11-9-19)24(32)30(25(33)29-26)16-17-4-6-18(7-5-17)23(31)28-21-12-14-22(34-2)15-13-21/h4-15H,3,16H2,1-2H3,(H,28,31)(H,29,33). The summed E-state index contributed by atoms with van der Waals surface area (Å²) >= 11 is 0. The number of benzene rings is 3. The molecule has 0 radical (unpaired) electrons. The fraction of sp³-hybridized carbons (Fsp3) is 0.192. The summed E-state index contributed by atoms with van der Waals surface area (Å²) in [6, 6.07) is 18.7. The Kier molecular flexibility index (Phi) is 6.32. The Morgan fingerprint density at radius 3 is 2.24 bits per heavy atom. The van der Waals surface area contributed by atoms with E-state index in [-0.39, 0.29) is 12.5 Å². The van der Waals surface area contributed by atoms with Crippen LogP contribution in [0.3, 0.4) is 0 Å². The molecule has 1 fully saturated rings. The van der Waals surface area contributed by atoms with E-state index in [4.69, 9.17) is 4.74 Å². The van der Waals surface area contributed by atoms with Gasteiger partial charge in [0.1, 0.15) is 17.1 Å². The number of urea groups is 1. The molecule has 1 aliphatic rings. The van der Waals surface area contributed by atoms with Gasteiger partial charge in [-0.3, -0.25) is 14.5 Å². The second-order valence-electron chi connectivity index (χ2n) is 7.97. The molecule has 7 nitrogen and oxygen atoms in total. The highest BCUT2D eigenvalue weighted by molar-refractivity contribution is 6.07. The predicted octanol–water partition coefficient (Wildman–Crippen LogP) is 4.44. The van der Waals surface area contributed by atoms with Crippen molar-refractivity contribution in [2.24, 2.45) is 0 Å². The second kappa shape index (κ2) is 9.35. The number of anilines is 1. The van der Waals surface area contributed by atoms with Crippen molar-refractivity contribution >= 4 is 23.5 Å². The quantitative estimate of drug-likeness (QED) is 0.509. The third kappa shape index (κ3) is 4.34. The maximum atomic E-state index is 13.4. The molecule has 0 bridgehead atoms. The molecule has 34 heavy (non-hydrogen) atoms. The first kappa shape index (κ1) is 23.0. The molecule has 1 aliphatic heterocycles. The van der Waals surface area contributed by atoms with Gasteiger partial charge in [0.2, 0.25) is 0 Å². The number of amides is 4. The number of nitrogens with one attached hydrogen (secondary N) is 2. The van der Waals surface area contributed by atoms with Gasteiger partial charge in [-0.25, -0.2) is 9.18 Å². The molecule has 0 aromatic heterocycles. The van der Waals surface area contributed by atoms with Gasteiger partial charge in [0.15, 0.2) is 0 Å². The average molecular weight is 461 g/mol. The number of imide groups is 1. The van der Waals surface area contributed by atoms with Gasteiger partial charge < -0.3 is 15.4 Å². The van der Waals surface area contributed by atoms with Crippen LogP contribution < -0.4 is 15.4 Å². The summed E-state index contributed by atoms with van der Waals surface area (Å²) in [7, 11) is 1.57. The van der Waals surface area contributed by atoms with E-state index in [0.717, 1.165) is 4.90 Å². The number of methoxy groups -OCH3 is 1. The van der Waals surface area contributed by atoms with Gasteiger partial charge in [-0.2, -0.15) is 0 Å². The van der Waals surface area contributed by atoms with Crippen molar-refractivity contribution in [2.45, 2.75) is 25.4 Å². The van der Waals surface area contributed by atoms with E-state index in [0.29, 0.717) is 34.5 Å². The molecule has 4 amide bonds. The van der Waals surface area contributed by atoms with Gasteiger partial charge in [-0.05, 0) is 66.1 Å². The lowest BCUT2D eigenvalue weighted by Crippen LogP contribution is -2.43. The highest BCUT2D eigenvalue weighted by Crippen LogP contribution is 2.33. The summed E-state index contributed by atoms with van der Waals surface area (Å²) in [6.07, 6.45) is 0.324. The molecule has 1 heterocycles. The zero-order valence-corrected chi connectivity index (χ0v) is 18.8. The summed E-state index contributed by atoms with van der Waals surface area (Å²) in [5.41, 5.74) is 1.05. The highest BCUT2D eigenvalue weighted by Gasteiger charge is 2.51. The van der Waals surface area contributed by atoms with E-state index in [1.807, 2.05) is 0 Å². The smallest absolute Gasteiger partial charge is 0.325 e. The van der Waals surface area contributed by atoms with Crippen LogP contribution in [-0.2, 0) is 16.9 Å². The molecule has 3 aromatic carbocycles. The Balaban J connectivity index is 1.46. The van der Waals surface area contributed by atoms with E-state index in [9.17, 15) is 18.8 Å². The third-order valence-electron chi connectivity index (χ3n) is 5.95. The minimum atomic E-state index is -1.23. The van der Waals surface area contributed by atoms with Crippen LogP contribution in [0.1, 0.15) is 34.8 Å². The van der Waals surface area contributed by atoms with Crippen molar-refractivity contribution in [3.8, 4) is 5.75 Å². The van der Waals surface area contributed by atoms with Crippen molar-refractivity contribution in [2.75, 3.05) is 12.4 Å². The first-order valence-corrected chi connectivity index (χ1v) is 10.8. The minimum absolute atomic E-state index is 0.0496. The molecule has 0 saturated carbocycles. The zero-order chi connectivity index (χ0) is 24.3. The van der Waals surface area contributed by atoms with Gasteiger partial charge >= 0.3 is 6.03 Å². The Morgan fingerprint density at radius 2 is 1.65 bits per heavy atom. The largest absolute Gasteiger partial charge is 0.497 e. The van der Waals surface area contributed by atoms with Gasteiger partial charge in [0.05, 0.1) is 13.7 Å². The molecule has 4 rings (SSSR count). The molecular formula is C26H24FN3O4. The van der Waals surface area contributed by atoms with Crippen LogP contribution in [-0.4, -0.2) is 29.9 Å². The molecule has 0 aliphatic carbocycles. The topological polar surface area (TPSA) is 87.7 Å². The van der Waals surface area contributed by atoms with E-state index < -0.39 is 23.3 Å². The number of carbonyl (C=O) groups is 3. The van der Waals surface area contributed by atoms with Gasteiger partial charge in [0, 0.05) is 11.3 Å². The van der Waals surface area contributed by atoms with Crippen LogP contribution in [0.5, 0.6) is 5.75 Å². The number of carbonyl (C=O) groups excluding carboxylic acids is 3. The van der Waals surface area contributed by atoms with Crippen molar-refractivity contribution < 1.29 is 23.5 Å². The Bertz CT molecular complexity index is 1210. The van der Waals surface area contributed by atoms with Gasteiger partial charge in [-0.1, -0.05) is 31.2 Å². The van der Waals surface area contributed by atoms with Crippen LogP contribution in [0.4, 0.5) is 14.9 Å². The lowest BCUT2D eigenvalue weighted by atomic mass is 9.87. The molecule has 1 saturated heterocycles. The number of rotatable bonds is 7. The summed E-state index contributed by atoms with van der Waals surface area (Å²) in [6.45, 7) is 1.84. The summed E-state index contributed by atoms with van der Waals surface area (Å²) in [5, 5.41) is 5.59.